The van der Waals surface area contributed by atoms with Crippen LogP contribution in [-0.4, -0.2) is 51.9 Å². The highest BCUT2D eigenvalue weighted by Crippen LogP contribution is 2.35. The molecule has 24 heavy (non-hydrogen) atoms. The lowest BCUT2D eigenvalue weighted by molar-refractivity contribution is -0.146. The lowest BCUT2D eigenvalue weighted by Gasteiger charge is -2.39. The average Bonchev–Trinajstić information content (AvgIpc) is 2.60. The van der Waals surface area contributed by atoms with Gasteiger partial charge in [0.05, 0.1) is 13.7 Å². The van der Waals surface area contributed by atoms with Crippen LogP contribution in [0.5, 0.6) is 5.75 Å². The molecule has 1 aromatic rings. The van der Waals surface area contributed by atoms with Crippen molar-refractivity contribution in [2.24, 2.45) is 5.92 Å². The molecule has 0 N–H and O–H groups in total. The summed E-state index contributed by atoms with van der Waals surface area (Å²) in [7, 11) is 5.46. The summed E-state index contributed by atoms with van der Waals surface area (Å²) in [5.74, 6) is 1.05. The van der Waals surface area contributed by atoms with Crippen molar-refractivity contribution in [3.8, 4) is 5.75 Å². The second-order valence-corrected chi connectivity index (χ2v) is 6.38. The first-order chi connectivity index (χ1) is 11.7. The number of benzene rings is 1. The van der Waals surface area contributed by atoms with Crippen LogP contribution in [0.25, 0.3) is 0 Å². The molecule has 1 aromatic carbocycles. The van der Waals surface area contributed by atoms with Gasteiger partial charge in [-0.1, -0.05) is 12.1 Å². The molecule has 0 radical (unpaired) electrons. The third kappa shape index (κ3) is 5.21. The molecule has 134 valence electrons. The average molecular weight is 335 g/mol. The maximum atomic E-state index is 11.9. The number of methoxy groups -OCH3 is 2. The van der Waals surface area contributed by atoms with Gasteiger partial charge in [0.2, 0.25) is 0 Å². The second kappa shape index (κ2) is 9.64. The lowest BCUT2D eigenvalue weighted by atomic mass is 9.85. The van der Waals surface area contributed by atoms with Crippen LogP contribution in [-0.2, 0) is 14.3 Å². The van der Waals surface area contributed by atoms with Gasteiger partial charge in [0.1, 0.15) is 5.75 Å². The predicted molar refractivity (Wildman–Crippen MR) is 93.2 cm³/mol. The van der Waals surface area contributed by atoms with E-state index in [0.29, 0.717) is 32.0 Å². The van der Waals surface area contributed by atoms with Crippen LogP contribution >= 0.6 is 0 Å². The molecule has 1 aliphatic rings. The largest absolute Gasteiger partial charge is 0.497 e. The number of carbonyl (C=O) groups excluding carboxylic acids is 1. The molecule has 5 nitrogen and oxygen atoms in total. The fourth-order valence-electron chi connectivity index (χ4n) is 3.39. The molecule has 0 aromatic heterocycles. The Labute approximate surface area is 144 Å². The summed E-state index contributed by atoms with van der Waals surface area (Å²) in [4.78, 5) is 14.2. The predicted octanol–water partition coefficient (Wildman–Crippen LogP) is 3.05. The molecule has 1 saturated heterocycles. The number of rotatable bonds is 8. The van der Waals surface area contributed by atoms with Gasteiger partial charge in [-0.25, -0.2) is 0 Å². The van der Waals surface area contributed by atoms with Crippen molar-refractivity contribution in [2.75, 3.05) is 41.0 Å². The van der Waals surface area contributed by atoms with Crippen molar-refractivity contribution < 1.29 is 19.0 Å². The zero-order valence-corrected chi connectivity index (χ0v) is 15.0. The fraction of sp³-hybridized carbons (Fsp3) is 0.632. The Bertz CT molecular complexity index is 503. The minimum Gasteiger partial charge on any atom is -0.497 e. The van der Waals surface area contributed by atoms with Crippen molar-refractivity contribution in [1.29, 1.82) is 0 Å². The number of ether oxygens (including phenoxy) is 3. The van der Waals surface area contributed by atoms with Crippen LogP contribution in [0.15, 0.2) is 24.3 Å². The van der Waals surface area contributed by atoms with E-state index in [1.165, 1.54) is 5.56 Å². The van der Waals surface area contributed by atoms with Gasteiger partial charge < -0.3 is 14.2 Å². The third-order valence-corrected chi connectivity index (χ3v) is 4.65. The molecule has 0 bridgehead atoms. The highest BCUT2D eigenvalue weighted by molar-refractivity contribution is 5.69. The fourth-order valence-corrected chi connectivity index (χ4v) is 3.39. The quantitative estimate of drug-likeness (QED) is 0.540. The van der Waals surface area contributed by atoms with E-state index in [0.717, 1.165) is 25.1 Å². The van der Waals surface area contributed by atoms with E-state index >= 15 is 0 Å². The molecule has 1 fully saturated rings. The van der Waals surface area contributed by atoms with Crippen LogP contribution in [0.2, 0.25) is 0 Å². The summed E-state index contributed by atoms with van der Waals surface area (Å²) in [6.07, 6.45) is 3.34. The van der Waals surface area contributed by atoms with Crippen molar-refractivity contribution in [3.05, 3.63) is 29.8 Å². The number of esters is 1. The standard InChI is InChI=1S/C19H29NO4/c1-20-12-4-6-16(14-24-18(21)7-5-13-22-2)19(20)15-8-10-17(23-3)11-9-15/h8-11,16,19H,4-7,12-14H2,1-3H3/t16-,19+/m1/s1. The molecule has 2 atom stereocenters. The maximum absolute atomic E-state index is 11.9. The molecule has 5 heteroatoms. The Morgan fingerprint density at radius 3 is 2.67 bits per heavy atom. The van der Waals surface area contributed by atoms with Gasteiger partial charge in [0, 0.05) is 32.1 Å². The summed E-state index contributed by atoms with van der Waals surface area (Å²) in [6, 6.07) is 8.48. The molecule has 1 aliphatic heterocycles. The summed E-state index contributed by atoms with van der Waals surface area (Å²) < 4.78 is 15.7. The molecule has 0 aliphatic carbocycles. The van der Waals surface area contributed by atoms with Crippen molar-refractivity contribution >= 4 is 5.97 Å². The summed E-state index contributed by atoms with van der Waals surface area (Å²) in [5, 5.41) is 0. The molecule has 0 spiro atoms. The topological polar surface area (TPSA) is 48.0 Å². The van der Waals surface area contributed by atoms with Gasteiger partial charge in [0.25, 0.3) is 0 Å². The van der Waals surface area contributed by atoms with Gasteiger partial charge in [-0.2, -0.15) is 0 Å². The first-order valence-electron chi connectivity index (χ1n) is 8.64. The SMILES string of the molecule is COCCCC(=O)OC[C@H]1CCCN(C)[C@H]1c1ccc(OC)cc1. The van der Waals surface area contributed by atoms with Crippen LogP contribution in [0, 0.1) is 5.92 Å². The van der Waals surface area contributed by atoms with E-state index in [9.17, 15) is 4.79 Å². The normalized spacial score (nSPS) is 21.5. The van der Waals surface area contributed by atoms with Crippen LogP contribution < -0.4 is 4.74 Å². The first-order valence-corrected chi connectivity index (χ1v) is 8.64. The Hall–Kier alpha value is -1.59. The van der Waals surface area contributed by atoms with E-state index in [2.05, 4.69) is 24.1 Å². The Kier molecular flexibility index (Phi) is 7.53. The van der Waals surface area contributed by atoms with E-state index in [1.54, 1.807) is 14.2 Å². The zero-order valence-electron chi connectivity index (χ0n) is 15.0. The summed E-state index contributed by atoms with van der Waals surface area (Å²) >= 11 is 0. The molecular weight excluding hydrogens is 306 g/mol. The molecule has 1 heterocycles. The Balaban J connectivity index is 1.96. The Morgan fingerprint density at radius 1 is 1.25 bits per heavy atom. The van der Waals surface area contributed by atoms with Gasteiger partial charge in [-0.15, -0.1) is 0 Å². The van der Waals surface area contributed by atoms with E-state index < -0.39 is 0 Å². The summed E-state index contributed by atoms with van der Waals surface area (Å²) in [6.45, 7) is 2.14. The monoisotopic (exact) mass is 335 g/mol. The number of carbonyl (C=O) groups is 1. The number of hydrogen-bond donors (Lipinski definition) is 0. The minimum absolute atomic E-state index is 0.131. The molecule has 0 unspecified atom stereocenters. The maximum Gasteiger partial charge on any atom is 0.305 e. The van der Waals surface area contributed by atoms with Gasteiger partial charge in [-0.05, 0) is 50.6 Å². The molecule has 2 rings (SSSR count). The third-order valence-electron chi connectivity index (χ3n) is 4.65. The van der Waals surface area contributed by atoms with Crippen LogP contribution in [0.3, 0.4) is 0 Å². The first kappa shape index (κ1) is 18.7. The Morgan fingerprint density at radius 2 is 2.00 bits per heavy atom. The van der Waals surface area contributed by atoms with E-state index in [-0.39, 0.29) is 12.0 Å². The number of nitrogens with zero attached hydrogens (tertiary/aromatic N) is 1. The van der Waals surface area contributed by atoms with Crippen LogP contribution in [0.1, 0.15) is 37.3 Å². The highest BCUT2D eigenvalue weighted by atomic mass is 16.5. The van der Waals surface area contributed by atoms with Crippen molar-refractivity contribution in [1.82, 2.24) is 4.90 Å². The molecule has 0 amide bonds. The second-order valence-electron chi connectivity index (χ2n) is 6.38. The van der Waals surface area contributed by atoms with Gasteiger partial charge in [0.15, 0.2) is 0 Å². The highest BCUT2D eigenvalue weighted by Gasteiger charge is 2.31. The van der Waals surface area contributed by atoms with E-state index in [1.807, 2.05) is 12.1 Å². The lowest BCUT2D eigenvalue weighted by Crippen LogP contribution is -2.38. The van der Waals surface area contributed by atoms with E-state index in [4.69, 9.17) is 14.2 Å². The van der Waals surface area contributed by atoms with Gasteiger partial charge >= 0.3 is 5.97 Å². The molecule has 0 saturated carbocycles. The minimum atomic E-state index is -0.131. The number of hydrogen-bond acceptors (Lipinski definition) is 5. The number of piperidine rings is 1. The van der Waals surface area contributed by atoms with Gasteiger partial charge in [-0.3, -0.25) is 9.69 Å². The number of likely N-dealkylation sites (tertiary alicyclic amines) is 1. The zero-order chi connectivity index (χ0) is 17.4. The van der Waals surface area contributed by atoms with Crippen molar-refractivity contribution in [2.45, 2.75) is 31.7 Å². The molecular formula is C19H29NO4. The summed E-state index contributed by atoms with van der Waals surface area (Å²) in [5.41, 5.74) is 1.25. The van der Waals surface area contributed by atoms with Crippen LogP contribution in [0.4, 0.5) is 0 Å². The van der Waals surface area contributed by atoms with Crippen molar-refractivity contribution in [3.63, 3.8) is 0 Å². The smallest absolute Gasteiger partial charge is 0.305 e.